The molecule has 0 aromatic rings. The maximum atomic E-state index is 13.2. The highest BCUT2D eigenvalue weighted by Crippen LogP contribution is 2.27. The quantitative estimate of drug-likeness (QED) is 0.407. The summed E-state index contributed by atoms with van der Waals surface area (Å²) in [4.78, 5) is 39.9. The van der Waals surface area contributed by atoms with Gasteiger partial charge in [0.25, 0.3) is 0 Å². The molecule has 2 saturated heterocycles. The monoisotopic (exact) mass is 472 g/mol. The minimum Gasteiger partial charge on any atom is -0.368 e. The summed E-state index contributed by atoms with van der Waals surface area (Å²) in [5, 5.41) is 4.89. The number of nitrogens with two attached hydrogens (primary N) is 2. The van der Waals surface area contributed by atoms with E-state index in [2.05, 4.69) is 10.6 Å². The van der Waals surface area contributed by atoms with Gasteiger partial charge in [0, 0.05) is 38.4 Å². The van der Waals surface area contributed by atoms with E-state index in [0.717, 1.165) is 62.2 Å². The Morgan fingerprint density at radius 1 is 1.06 bits per heavy atom. The Morgan fingerprint density at radius 3 is 2.31 bits per heavy atom. The Morgan fingerprint density at radius 2 is 1.72 bits per heavy atom. The van der Waals surface area contributed by atoms with Crippen molar-refractivity contribution in [2.75, 3.05) is 39.0 Å². The smallest absolute Gasteiger partial charge is 0.240 e. The van der Waals surface area contributed by atoms with Crippen LogP contribution < -0.4 is 16.4 Å². The standard InChI is InChI=1S/C21H37N5O5S/c1-32(30,31)26-12-11-25(21(29)16-7-9-23-10-8-16)14-18(26)20(28)24-17(19(22)27)13-15-5-3-2-4-6-15/h15-18,23H,2-14H2,1H3,(H2,22,27)(H,24,28)/p+1/t17-,18+/m0/s1. The first-order valence-corrected chi connectivity index (χ1v) is 13.7. The number of nitrogens with zero attached hydrogens (tertiary/aromatic N) is 2. The van der Waals surface area contributed by atoms with Crippen molar-refractivity contribution in [3.8, 4) is 0 Å². The van der Waals surface area contributed by atoms with Gasteiger partial charge >= 0.3 is 0 Å². The van der Waals surface area contributed by atoms with Gasteiger partial charge in [-0.25, -0.2) is 8.42 Å². The highest BCUT2D eigenvalue weighted by atomic mass is 32.2. The molecular formula is C21H38N5O5S+. The maximum Gasteiger partial charge on any atom is 0.240 e. The van der Waals surface area contributed by atoms with Gasteiger partial charge in [0.15, 0.2) is 0 Å². The second-order valence-corrected chi connectivity index (χ2v) is 11.5. The van der Waals surface area contributed by atoms with E-state index in [4.69, 9.17) is 5.73 Å². The van der Waals surface area contributed by atoms with E-state index in [9.17, 15) is 22.8 Å². The van der Waals surface area contributed by atoms with Crippen molar-refractivity contribution in [2.45, 2.75) is 63.5 Å². The van der Waals surface area contributed by atoms with Crippen molar-refractivity contribution in [2.24, 2.45) is 17.6 Å². The normalized spacial score (nSPS) is 25.3. The molecule has 1 saturated carbocycles. The zero-order valence-electron chi connectivity index (χ0n) is 19.0. The Bertz CT molecular complexity index is 792. The lowest BCUT2D eigenvalue weighted by Crippen LogP contribution is -2.86. The second-order valence-electron chi connectivity index (χ2n) is 9.52. The third kappa shape index (κ3) is 6.41. The van der Waals surface area contributed by atoms with E-state index in [1.807, 2.05) is 0 Å². The van der Waals surface area contributed by atoms with E-state index in [-0.39, 0.29) is 31.5 Å². The minimum absolute atomic E-state index is 0.00708. The molecule has 3 fully saturated rings. The van der Waals surface area contributed by atoms with E-state index >= 15 is 0 Å². The predicted octanol–water partition coefficient (Wildman–Crippen LogP) is -1.63. The summed E-state index contributed by atoms with van der Waals surface area (Å²) in [5.74, 6) is -0.961. The highest BCUT2D eigenvalue weighted by molar-refractivity contribution is 7.88. The number of hydrogen-bond donors (Lipinski definition) is 3. The van der Waals surface area contributed by atoms with Gasteiger partial charge in [-0.15, -0.1) is 0 Å². The molecule has 0 spiro atoms. The molecule has 2 aliphatic heterocycles. The van der Waals surface area contributed by atoms with Gasteiger partial charge in [0.2, 0.25) is 27.7 Å². The van der Waals surface area contributed by atoms with Crippen LogP contribution in [0.3, 0.4) is 0 Å². The first-order chi connectivity index (χ1) is 15.2. The Balaban J connectivity index is 1.70. The van der Waals surface area contributed by atoms with E-state index < -0.39 is 33.9 Å². The number of carbonyl (C=O) groups is 3. The molecular weight excluding hydrogens is 434 g/mol. The SMILES string of the molecule is CS(=O)(=O)N1CCN(C(=O)C2CC[NH2+]CC2)C[C@@H]1C(=O)N[C@@H](CC1CCCCC1)C(N)=O. The third-order valence-corrected chi connectivity index (χ3v) is 8.40. The first kappa shape index (κ1) is 24.9. The van der Waals surface area contributed by atoms with Gasteiger partial charge in [0.05, 0.1) is 19.3 Å². The topological polar surface area (TPSA) is 146 Å². The van der Waals surface area contributed by atoms with Crippen LogP contribution in [0.1, 0.15) is 51.4 Å². The zero-order valence-corrected chi connectivity index (χ0v) is 19.8. The zero-order chi connectivity index (χ0) is 23.3. The summed E-state index contributed by atoms with van der Waals surface area (Å²) >= 11 is 0. The molecule has 3 aliphatic rings. The molecule has 3 rings (SSSR count). The Labute approximate surface area is 190 Å². The predicted molar refractivity (Wildman–Crippen MR) is 119 cm³/mol. The molecule has 182 valence electrons. The summed E-state index contributed by atoms with van der Waals surface area (Å²) in [7, 11) is -3.66. The van der Waals surface area contributed by atoms with E-state index in [1.165, 1.54) is 6.42 Å². The molecule has 0 unspecified atom stereocenters. The summed E-state index contributed by atoms with van der Waals surface area (Å²) in [5.41, 5.74) is 5.57. The van der Waals surface area contributed by atoms with Crippen LogP contribution in [-0.2, 0) is 24.4 Å². The van der Waals surface area contributed by atoms with Crippen LogP contribution in [0.15, 0.2) is 0 Å². The van der Waals surface area contributed by atoms with Gasteiger partial charge in [-0.1, -0.05) is 32.1 Å². The van der Waals surface area contributed by atoms with Crippen molar-refractivity contribution in [1.82, 2.24) is 14.5 Å². The fourth-order valence-electron chi connectivity index (χ4n) is 5.28. The average Bonchev–Trinajstić information content (AvgIpc) is 2.78. The van der Waals surface area contributed by atoms with Gasteiger partial charge in [-0.2, -0.15) is 4.31 Å². The van der Waals surface area contributed by atoms with Crippen LogP contribution >= 0.6 is 0 Å². The van der Waals surface area contributed by atoms with Gasteiger partial charge in [-0.3, -0.25) is 14.4 Å². The minimum atomic E-state index is -3.66. The molecule has 0 radical (unpaired) electrons. The molecule has 0 bridgehead atoms. The van der Waals surface area contributed by atoms with Gasteiger partial charge < -0.3 is 21.3 Å². The first-order valence-electron chi connectivity index (χ1n) is 11.8. The van der Waals surface area contributed by atoms with Crippen molar-refractivity contribution >= 4 is 27.7 Å². The number of amides is 3. The highest BCUT2D eigenvalue weighted by Gasteiger charge is 2.41. The van der Waals surface area contributed by atoms with Crippen LogP contribution in [0.25, 0.3) is 0 Å². The van der Waals surface area contributed by atoms with Crippen molar-refractivity contribution in [3.05, 3.63) is 0 Å². The van der Waals surface area contributed by atoms with Gasteiger partial charge in [-0.05, 0) is 12.3 Å². The molecule has 0 aromatic carbocycles. The lowest BCUT2D eigenvalue weighted by Gasteiger charge is -2.40. The number of rotatable bonds is 7. The second kappa shape index (κ2) is 10.9. The number of carbonyl (C=O) groups excluding carboxylic acids is 3. The van der Waals surface area contributed by atoms with Crippen LogP contribution in [0.4, 0.5) is 0 Å². The summed E-state index contributed by atoms with van der Waals surface area (Å²) in [6.07, 6.45) is 8.48. The maximum absolute atomic E-state index is 13.2. The van der Waals surface area contributed by atoms with Crippen LogP contribution in [0, 0.1) is 11.8 Å². The van der Waals surface area contributed by atoms with Crippen LogP contribution in [-0.4, -0.2) is 86.4 Å². The molecule has 1 aliphatic carbocycles. The molecule has 11 heteroatoms. The number of sulfonamides is 1. The van der Waals surface area contributed by atoms with Crippen molar-refractivity contribution < 1.29 is 28.1 Å². The van der Waals surface area contributed by atoms with E-state index in [1.54, 1.807) is 4.90 Å². The number of quaternary nitrogens is 1. The largest absolute Gasteiger partial charge is 0.368 e. The Hall–Kier alpha value is -1.72. The fraction of sp³-hybridized carbons (Fsp3) is 0.857. The fourth-order valence-corrected chi connectivity index (χ4v) is 6.32. The molecule has 10 nitrogen and oxygen atoms in total. The number of primary amides is 1. The summed E-state index contributed by atoms with van der Waals surface area (Å²) < 4.78 is 25.9. The molecule has 0 aromatic heterocycles. The van der Waals surface area contributed by atoms with Crippen LogP contribution in [0.2, 0.25) is 0 Å². The number of hydrogen-bond acceptors (Lipinski definition) is 5. The molecule has 2 heterocycles. The molecule has 32 heavy (non-hydrogen) atoms. The van der Waals surface area contributed by atoms with Crippen molar-refractivity contribution in [3.63, 3.8) is 0 Å². The third-order valence-electron chi connectivity index (χ3n) is 7.11. The number of piperazine rings is 1. The van der Waals surface area contributed by atoms with Gasteiger partial charge in [0.1, 0.15) is 12.1 Å². The summed E-state index contributed by atoms with van der Waals surface area (Å²) in [6.45, 7) is 2.10. The van der Waals surface area contributed by atoms with E-state index in [0.29, 0.717) is 12.3 Å². The summed E-state index contributed by atoms with van der Waals surface area (Å²) in [6, 6.07) is -1.90. The lowest BCUT2D eigenvalue weighted by molar-refractivity contribution is -0.664. The number of nitrogens with one attached hydrogen (secondary N) is 1. The molecule has 2 atom stereocenters. The molecule has 3 amide bonds. The van der Waals surface area contributed by atoms with Crippen LogP contribution in [0.5, 0.6) is 0 Å². The average molecular weight is 473 g/mol. The van der Waals surface area contributed by atoms with Crippen molar-refractivity contribution in [1.29, 1.82) is 0 Å². The molecule has 5 N–H and O–H groups in total. The number of piperidine rings is 1. The lowest BCUT2D eigenvalue weighted by atomic mass is 9.84. The Kier molecular flexibility index (Phi) is 8.51.